The first kappa shape index (κ1) is 22.8. The number of halogens is 1. The average Bonchev–Trinajstić information content (AvgIpc) is 3.19. The van der Waals surface area contributed by atoms with Crippen molar-refractivity contribution >= 4 is 11.6 Å². The topological polar surface area (TPSA) is 62.6 Å². The van der Waals surface area contributed by atoms with E-state index in [-0.39, 0.29) is 11.6 Å². The van der Waals surface area contributed by atoms with E-state index in [2.05, 4.69) is 20.2 Å². The maximum atomic E-state index is 14.6. The van der Waals surface area contributed by atoms with Crippen molar-refractivity contribution in [1.29, 1.82) is 0 Å². The highest BCUT2D eigenvalue weighted by Crippen LogP contribution is 2.29. The van der Waals surface area contributed by atoms with E-state index in [9.17, 15) is 9.18 Å². The van der Waals surface area contributed by atoms with Gasteiger partial charge in [0, 0.05) is 43.6 Å². The number of aromatic nitrogens is 2. The summed E-state index contributed by atoms with van der Waals surface area (Å²) in [7, 11) is 7.56. The van der Waals surface area contributed by atoms with Crippen molar-refractivity contribution in [2.75, 3.05) is 39.2 Å². The summed E-state index contributed by atoms with van der Waals surface area (Å²) in [5.74, 6) is -0.305. The lowest BCUT2D eigenvalue weighted by Crippen LogP contribution is -2.57. The monoisotopic (exact) mass is 451 g/mol. The van der Waals surface area contributed by atoms with Crippen LogP contribution in [-0.2, 0) is 7.05 Å². The quantitative estimate of drug-likeness (QED) is 0.596. The Morgan fingerprint density at radius 2 is 1.97 bits per heavy atom. The zero-order valence-electron chi connectivity index (χ0n) is 19.7. The fourth-order valence-electron chi connectivity index (χ4n) is 3.96. The van der Waals surface area contributed by atoms with Crippen LogP contribution in [0.15, 0.2) is 48.8 Å². The van der Waals surface area contributed by atoms with Gasteiger partial charge in [-0.3, -0.25) is 9.48 Å². The Morgan fingerprint density at radius 1 is 1.21 bits per heavy atom. The Bertz CT molecular complexity index is 1150. The van der Waals surface area contributed by atoms with Gasteiger partial charge in [0.1, 0.15) is 11.6 Å². The van der Waals surface area contributed by atoms with Crippen molar-refractivity contribution in [2.45, 2.75) is 19.0 Å². The Balaban J connectivity index is 1.52. The number of amides is 1. The lowest BCUT2D eigenvalue weighted by molar-refractivity contribution is 0.0935. The normalized spacial score (nSPS) is 14.8. The van der Waals surface area contributed by atoms with Crippen LogP contribution in [0.25, 0.3) is 11.1 Å². The Morgan fingerprint density at radius 3 is 2.61 bits per heavy atom. The molecule has 2 heterocycles. The SMILES string of the molecule is COc1cc(-c2cnn(C)c2)cc([C@@H](C)NC(=O)c2cc(N3CC(N(C)C)C3)ccc2F)c1. The molecule has 1 fully saturated rings. The van der Waals surface area contributed by atoms with Crippen LogP contribution in [0.4, 0.5) is 10.1 Å². The molecule has 174 valence electrons. The minimum Gasteiger partial charge on any atom is -0.497 e. The van der Waals surface area contributed by atoms with E-state index in [0.29, 0.717) is 11.8 Å². The van der Waals surface area contributed by atoms with Crippen LogP contribution < -0.4 is 15.0 Å². The number of hydrogen-bond acceptors (Lipinski definition) is 5. The van der Waals surface area contributed by atoms with Crippen molar-refractivity contribution in [3.05, 3.63) is 65.7 Å². The van der Waals surface area contributed by atoms with E-state index in [0.717, 1.165) is 35.5 Å². The maximum Gasteiger partial charge on any atom is 0.254 e. The molecule has 1 aliphatic heterocycles. The second kappa shape index (κ2) is 9.23. The number of likely N-dealkylation sites (N-methyl/N-ethyl adjacent to an activating group) is 1. The second-order valence-corrected chi connectivity index (χ2v) is 8.78. The molecule has 0 aliphatic carbocycles. The van der Waals surface area contributed by atoms with Crippen LogP contribution in [-0.4, -0.2) is 60.9 Å². The molecule has 1 aliphatic rings. The summed E-state index contributed by atoms with van der Waals surface area (Å²) in [6.07, 6.45) is 3.69. The first-order valence-electron chi connectivity index (χ1n) is 10.9. The van der Waals surface area contributed by atoms with Crippen molar-refractivity contribution in [3.8, 4) is 16.9 Å². The van der Waals surface area contributed by atoms with Crippen LogP contribution in [0, 0.1) is 5.82 Å². The number of hydrogen-bond donors (Lipinski definition) is 1. The van der Waals surface area contributed by atoms with Crippen molar-refractivity contribution < 1.29 is 13.9 Å². The molecule has 0 spiro atoms. The molecule has 3 aromatic rings. The third kappa shape index (κ3) is 4.85. The lowest BCUT2D eigenvalue weighted by atomic mass is 10.0. The number of rotatable bonds is 7. The number of benzene rings is 2. The third-order valence-electron chi connectivity index (χ3n) is 6.20. The molecule has 2 aromatic carbocycles. The average molecular weight is 452 g/mol. The minimum atomic E-state index is -0.533. The van der Waals surface area contributed by atoms with Gasteiger partial charge >= 0.3 is 0 Å². The molecule has 1 aromatic heterocycles. The molecule has 33 heavy (non-hydrogen) atoms. The Kier molecular flexibility index (Phi) is 6.37. The van der Waals surface area contributed by atoms with Gasteiger partial charge in [-0.25, -0.2) is 4.39 Å². The largest absolute Gasteiger partial charge is 0.497 e. The first-order valence-corrected chi connectivity index (χ1v) is 10.9. The number of carbonyl (C=O) groups is 1. The van der Waals surface area contributed by atoms with Crippen LogP contribution in [0.5, 0.6) is 5.75 Å². The zero-order valence-corrected chi connectivity index (χ0v) is 19.7. The predicted molar refractivity (Wildman–Crippen MR) is 127 cm³/mol. The highest BCUT2D eigenvalue weighted by molar-refractivity contribution is 5.95. The summed E-state index contributed by atoms with van der Waals surface area (Å²) in [6, 6.07) is 10.6. The summed E-state index contributed by atoms with van der Waals surface area (Å²) in [6.45, 7) is 3.59. The number of carbonyl (C=O) groups excluding carboxylic acids is 1. The molecule has 8 heteroatoms. The molecule has 0 unspecified atom stereocenters. The molecule has 7 nitrogen and oxygen atoms in total. The lowest BCUT2D eigenvalue weighted by Gasteiger charge is -2.44. The van der Waals surface area contributed by atoms with Gasteiger partial charge in [0.05, 0.1) is 24.9 Å². The molecular weight excluding hydrogens is 421 g/mol. The van der Waals surface area contributed by atoms with Crippen molar-refractivity contribution in [2.24, 2.45) is 7.05 Å². The van der Waals surface area contributed by atoms with Gasteiger partial charge < -0.3 is 19.9 Å². The van der Waals surface area contributed by atoms with Crippen molar-refractivity contribution in [1.82, 2.24) is 20.0 Å². The highest BCUT2D eigenvalue weighted by atomic mass is 19.1. The molecule has 4 rings (SSSR count). The first-order chi connectivity index (χ1) is 15.7. The van der Waals surface area contributed by atoms with Gasteiger partial charge in [0.25, 0.3) is 5.91 Å². The van der Waals surface area contributed by atoms with Gasteiger partial charge in [-0.05, 0) is 68.5 Å². The standard InChI is InChI=1S/C25H30FN5O2/c1-16(17-8-18(10-22(9-17)33-5)19-12-27-30(4)13-19)28-25(32)23-11-20(6-7-24(23)26)31-14-21(15-31)29(2)3/h6-13,16,21H,14-15H2,1-5H3,(H,28,32)/t16-/m1/s1. The van der Waals surface area contributed by atoms with E-state index < -0.39 is 11.7 Å². The van der Waals surface area contributed by atoms with Crippen LogP contribution in [0.2, 0.25) is 0 Å². The van der Waals surface area contributed by atoms with Crippen molar-refractivity contribution in [3.63, 3.8) is 0 Å². The summed E-state index contributed by atoms with van der Waals surface area (Å²) >= 11 is 0. The molecule has 0 saturated carbocycles. The van der Waals surface area contributed by atoms with Gasteiger partial charge in [0.15, 0.2) is 0 Å². The minimum absolute atomic E-state index is 0.0445. The number of anilines is 1. The molecule has 1 atom stereocenters. The fourth-order valence-corrected chi connectivity index (χ4v) is 3.96. The summed E-state index contributed by atoms with van der Waals surface area (Å²) in [5, 5.41) is 7.16. The number of nitrogens with one attached hydrogen (secondary N) is 1. The van der Waals surface area contributed by atoms with E-state index in [4.69, 9.17) is 4.74 Å². The maximum absolute atomic E-state index is 14.6. The molecule has 0 bridgehead atoms. The summed E-state index contributed by atoms with van der Waals surface area (Å²) in [4.78, 5) is 17.3. The third-order valence-corrected chi connectivity index (χ3v) is 6.20. The number of aryl methyl sites for hydroxylation is 1. The van der Waals surface area contributed by atoms with E-state index in [1.807, 2.05) is 52.5 Å². The predicted octanol–water partition coefficient (Wildman–Crippen LogP) is 3.48. The smallest absolute Gasteiger partial charge is 0.254 e. The van der Waals surface area contributed by atoms with Crippen LogP contribution in [0.3, 0.4) is 0 Å². The van der Waals surface area contributed by atoms with E-state index >= 15 is 0 Å². The van der Waals surface area contributed by atoms with Gasteiger partial charge in [-0.1, -0.05) is 0 Å². The molecular formula is C25H30FN5O2. The Hall–Kier alpha value is -3.39. The molecule has 0 radical (unpaired) electrons. The molecule has 1 amide bonds. The number of methoxy groups -OCH3 is 1. The van der Waals surface area contributed by atoms with Gasteiger partial charge in [-0.2, -0.15) is 5.10 Å². The van der Waals surface area contributed by atoms with Gasteiger partial charge in [0.2, 0.25) is 0 Å². The van der Waals surface area contributed by atoms with E-state index in [1.165, 1.54) is 6.07 Å². The van der Waals surface area contributed by atoms with Gasteiger partial charge in [-0.15, -0.1) is 0 Å². The second-order valence-electron chi connectivity index (χ2n) is 8.78. The van der Waals surface area contributed by atoms with Crippen LogP contribution >= 0.6 is 0 Å². The van der Waals surface area contributed by atoms with E-state index in [1.54, 1.807) is 30.1 Å². The molecule has 1 N–H and O–H groups in total. The summed E-state index contributed by atoms with van der Waals surface area (Å²) in [5.41, 5.74) is 3.63. The Labute approximate surface area is 193 Å². The molecule has 1 saturated heterocycles. The summed E-state index contributed by atoms with van der Waals surface area (Å²) < 4.78 is 21.7. The highest BCUT2D eigenvalue weighted by Gasteiger charge is 2.29. The fraction of sp³-hybridized carbons (Fsp3) is 0.360. The number of nitrogens with zero attached hydrogens (tertiary/aromatic N) is 4. The zero-order chi connectivity index (χ0) is 23.7. The number of ether oxygens (including phenoxy) is 1. The van der Waals surface area contributed by atoms with Crippen LogP contribution in [0.1, 0.15) is 28.9 Å².